The summed E-state index contributed by atoms with van der Waals surface area (Å²) in [4.78, 5) is 11.9. The van der Waals surface area contributed by atoms with Crippen molar-refractivity contribution in [1.29, 1.82) is 0 Å². The van der Waals surface area contributed by atoms with E-state index < -0.39 is 0 Å². The first-order valence-corrected chi connectivity index (χ1v) is 6.76. The number of nitrogens with one attached hydrogen (secondary N) is 1. The average molecular weight is 277 g/mol. The number of ether oxygens (including phenoxy) is 2. The van der Waals surface area contributed by atoms with Crippen LogP contribution in [0.1, 0.15) is 31.1 Å². The topological polar surface area (TPSA) is 47.6 Å². The van der Waals surface area contributed by atoms with Crippen molar-refractivity contribution in [3.05, 3.63) is 42.0 Å². The molecule has 0 radical (unpaired) electrons. The van der Waals surface area contributed by atoms with Crippen molar-refractivity contribution < 1.29 is 14.3 Å². The first-order chi connectivity index (χ1) is 9.49. The van der Waals surface area contributed by atoms with Crippen LogP contribution in [-0.4, -0.2) is 31.8 Å². The van der Waals surface area contributed by atoms with Crippen molar-refractivity contribution in [3.8, 4) is 5.75 Å². The van der Waals surface area contributed by atoms with Gasteiger partial charge in [-0.25, -0.2) is 0 Å². The predicted molar refractivity (Wildman–Crippen MR) is 80.2 cm³/mol. The van der Waals surface area contributed by atoms with E-state index in [-0.39, 0.29) is 12.0 Å². The summed E-state index contributed by atoms with van der Waals surface area (Å²) in [5.41, 5.74) is 1.55. The van der Waals surface area contributed by atoms with Crippen LogP contribution in [0.5, 0.6) is 5.75 Å². The molecule has 0 bridgehead atoms. The van der Waals surface area contributed by atoms with Crippen LogP contribution in [0.25, 0.3) is 0 Å². The largest absolute Gasteiger partial charge is 0.491 e. The van der Waals surface area contributed by atoms with Gasteiger partial charge in [-0.1, -0.05) is 18.2 Å². The third kappa shape index (κ3) is 6.38. The summed E-state index contributed by atoms with van der Waals surface area (Å²) in [5.74, 6) is 0.573. The van der Waals surface area contributed by atoms with Gasteiger partial charge in [0.2, 0.25) is 0 Å². The Hall–Kier alpha value is -1.81. The molecule has 0 aromatic heterocycles. The molecular weight excluding hydrogens is 254 g/mol. The lowest BCUT2D eigenvalue weighted by molar-refractivity contribution is 0.0926. The molecule has 0 aliphatic rings. The predicted octanol–water partition coefficient (Wildman–Crippen LogP) is 2.80. The van der Waals surface area contributed by atoms with E-state index >= 15 is 0 Å². The molecule has 0 saturated heterocycles. The van der Waals surface area contributed by atoms with E-state index in [2.05, 4.69) is 11.9 Å². The zero-order chi connectivity index (χ0) is 15.0. The molecule has 0 heterocycles. The van der Waals surface area contributed by atoms with E-state index in [0.717, 1.165) is 5.57 Å². The van der Waals surface area contributed by atoms with Crippen molar-refractivity contribution in [3.63, 3.8) is 0 Å². The molecule has 110 valence electrons. The summed E-state index contributed by atoms with van der Waals surface area (Å²) < 4.78 is 10.9. The van der Waals surface area contributed by atoms with Crippen molar-refractivity contribution in [2.75, 3.05) is 19.8 Å². The minimum absolute atomic E-state index is 0.0869. The van der Waals surface area contributed by atoms with Crippen molar-refractivity contribution in [2.45, 2.75) is 26.9 Å². The SMILES string of the molecule is C=C(C)COCCNC(=O)c1cccc(OC(C)C)c1. The first-order valence-electron chi connectivity index (χ1n) is 6.76. The lowest BCUT2D eigenvalue weighted by Crippen LogP contribution is -2.27. The van der Waals surface area contributed by atoms with Gasteiger partial charge in [-0.05, 0) is 39.0 Å². The molecule has 0 aliphatic heterocycles. The van der Waals surface area contributed by atoms with E-state index in [1.165, 1.54) is 0 Å². The normalized spacial score (nSPS) is 10.4. The molecule has 0 unspecified atom stereocenters. The Morgan fingerprint density at radius 1 is 1.40 bits per heavy atom. The van der Waals surface area contributed by atoms with Gasteiger partial charge < -0.3 is 14.8 Å². The number of carbonyl (C=O) groups excluding carboxylic acids is 1. The number of benzene rings is 1. The summed E-state index contributed by atoms with van der Waals surface area (Å²) in [6.45, 7) is 11.0. The van der Waals surface area contributed by atoms with Crippen LogP contribution in [-0.2, 0) is 4.74 Å². The van der Waals surface area contributed by atoms with Gasteiger partial charge in [-0.3, -0.25) is 4.79 Å². The quantitative estimate of drug-likeness (QED) is 0.587. The number of carbonyl (C=O) groups is 1. The molecule has 1 N–H and O–H groups in total. The monoisotopic (exact) mass is 277 g/mol. The number of hydrogen-bond donors (Lipinski definition) is 1. The van der Waals surface area contributed by atoms with Gasteiger partial charge in [0.1, 0.15) is 5.75 Å². The highest BCUT2D eigenvalue weighted by molar-refractivity contribution is 5.94. The third-order valence-corrected chi connectivity index (χ3v) is 2.35. The van der Waals surface area contributed by atoms with E-state index in [9.17, 15) is 4.79 Å². The highest BCUT2D eigenvalue weighted by Crippen LogP contribution is 2.14. The van der Waals surface area contributed by atoms with Crippen molar-refractivity contribution in [1.82, 2.24) is 5.32 Å². The number of amides is 1. The lowest BCUT2D eigenvalue weighted by atomic mass is 10.2. The second-order valence-electron chi connectivity index (χ2n) is 4.96. The summed E-state index contributed by atoms with van der Waals surface area (Å²) in [5, 5.41) is 2.80. The number of hydrogen-bond acceptors (Lipinski definition) is 3. The maximum Gasteiger partial charge on any atom is 0.251 e. The summed E-state index contributed by atoms with van der Waals surface area (Å²) in [7, 11) is 0. The summed E-state index contributed by atoms with van der Waals surface area (Å²) in [6.07, 6.45) is 0.0869. The molecular formula is C16H23NO3. The maximum atomic E-state index is 11.9. The molecule has 1 rings (SSSR count). The van der Waals surface area contributed by atoms with Crippen LogP contribution in [0, 0.1) is 0 Å². The van der Waals surface area contributed by atoms with Gasteiger partial charge in [-0.15, -0.1) is 0 Å². The molecule has 4 nitrogen and oxygen atoms in total. The molecule has 1 aromatic rings. The van der Waals surface area contributed by atoms with Crippen LogP contribution in [0.2, 0.25) is 0 Å². The summed E-state index contributed by atoms with van der Waals surface area (Å²) in [6, 6.07) is 7.15. The van der Waals surface area contributed by atoms with E-state index in [4.69, 9.17) is 9.47 Å². The second kappa shape index (κ2) is 8.38. The fourth-order valence-corrected chi connectivity index (χ4v) is 1.57. The minimum atomic E-state index is -0.127. The highest BCUT2D eigenvalue weighted by atomic mass is 16.5. The van der Waals surface area contributed by atoms with Crippen LogP contribution < -0.4 is 10.1 Å². The van der Waals surface area contributed by atoms with Gasteiger partial charge in [0, 0.05) is 12.1 Å². The van der Waals surface area contributed by atoms with Gasteiger partial charge >= 0.3 is 0 Å². The standard InChI is InChI=1S/C16H23NO3/c1-12(2)11-19-9-8-17-16(18)14-6-5-7-15(10-14)20-13(3)4/h5-7,10,13H,1,8-9,11H2,2-4H3,(H,17,18). The fourth-order valence-electron chi connectivity index (χ4n) is 1.57. The number of rotatable bonds is 8. The molecule has 0 spiro atoms. The molecule has 0 saturated carbocycles. The second-order valence-corrected chi connectivity index (χ2v) is 4.96. The van der Waals surface area contributed by atoms with E-state index in [1.807, 2.05) is 32.9 Å². The molecule has 1 amide bonds. The Morgan fingerprint density at radius 2 is 2.15 bits per heavy atom. The Bertz CT molecular complexity index is 455. The summed E-state index contributed by atoms with van der Waals surface area (Å²) >= 11 is 0. The molecule has 20 heavy (non-hydrogen) atoms. The third-order valence-electron chi connectivity index (χ3n) is 2.35. The van der Waals surface area contributed by atoms with E-state index in [0.29, 0.717) is 31.1 Å². The Balaban J connectivity index is 2.41. The first kappa shape index (κ1) is 16.2. The molecule has 0 atom stereocenters. The van der Waals surface area contributed by atoms with Crippen LogP contribution in [0.3, 0.4) is 0 Å². The minimum Gasteiger partial charge on any atom is -0.491 e. The lowest BCUT2D eigenvalue weighted by Gasteiger charge is -2.11. The van der Waals surface area contributed by atoms with Crippen molar-refractivity contribution in [2.24, 2.45) is 0 Å². The van der Waals surface area contributed by atoms with Gasteiger partial charge in [0.05, 0.1) is 19.3 Å². The molecule has 0 aliphatic carbocycles. The zero-order valence-corrected chi connectivity index (χ0v) is 12.4. The van der Waals surface area contributed by atoms with Gasteiger partial charge in [0.15, 0.2) is 0 Å². The molecule has 1 aromatic carbocycles. The van der Waals surface area contributed by atoms with Crippen LogP contribution in [0.15, 0.2) is 36.4 Å². The Morgan fingerprint density at radius 3 is 2.80 bits per heavy atom. The Kier molecular flexibility index (Phi) is 6.81. The fraction of sp³-hybridized carbons (Fsp3) is 0.438. The molecule has 0 fully saturated rings. The smallest absolute Gasteiger partial charge is 0.251 e. The van der Waals surface area contributed by atoms with E-state index in [1.54, 1.807) is 12.1 Å². The maximum absolute atomic E-state index is 11.9. The van der Waals surface area contributed by atoms with Crippen LogP contribution in [0.4, 0.5) is 0 Å². The zero-order valence-electron chi connectivity index (χ0n) is 12.4. The van der Waals surface area contributed by atoms with Gasteiger partial charge in [0.25, 0.3) is 5.91 Å². The van der Waals surface area contributed by atoms with Crippen molar-refractivity contribution >= 4 is 5.91 Å². The van der Waals surface area contributed by atoms with Crippen LogP contribution >= 0.6 is 0 Å². The van der Waals surface area contributed by atoms with Gasteiger partial charge in [-0.2, -0.15) is 0 Å². The average Bonchev–Trinajstić information content (AvgIpc) is 2.37. The highest BCUT2D eigenvalue weighted by Gasteiger charge is 2.06. The molecule has 4 heteroatoms. The Labute approximate surface area is 120 Å².